The van der Waals surface area contributed by atoms with Gasteiger partial charge in [0.15, 0.2) is 0 Å². The zero-order valence-electron chi connectivity index (χ0n) is 11.7. The maximum absolute atomic E-state index is 11.6. The molecular formula is C13H24N2O4. The molecule has 1 fully saturated rings. The normalized spacial score (nSPS) is 19.8. The van der Waals surface area contributed by atoms with Crippen molar-refractivity contribution < 1.29 is 19.4 Å². The van der Waals surface area contributed by atoms with Crippen molar-refractivity contribution in [2.75, 3.05) is 32.8 Å². The molecule has 110 valence electrons. The summed E-state index contributed by atoms with van der Waals surface area (Å²) in [5.74, 6) is -1.14. The van der Waals surface area contributed by atoms with Crippen LogP contribution in [-0.4, -0.2) is 60.8 Å². The maximum atomic E-state index is 11.6. The highest BCUT2D eigenvalue weighted by atomic mass is 16.5. The van der Waals surface area contributed by atoms with Gasteiger partial charge in [-0.1, -0.05) is 0 Å². The molecule has 0 aromatic carbocycles. The molecule has 0 saturated carbocycles. The number of carbonyl (C=O) groups excluding carboxylic acids is 1. The molecule has 6 heteroatoms. The maximum Gasteiger partial charge on any atom is 0.307 e. The van der Waals surface area contributed by atoms with Crippen molar-refractivity contribution in [3.63, 3.8) is 0 Å². The molecule has 0 aromatic heterocycles. The zero-order chi connectivity index (χ0) is 14.3. The number of hydrogen-bond acceptors (Lipinski definition) is 4. The molecule has 1 aliphatic rings. The van der Waals surface area contributed by atoms with Crippen LogP contribution in [0.4, 0.5) is 0 Å². The van der Waals surface area contributed by atoms with E-state index in [1.54, 1.807) is 0 Å². The summed E-state index contributed by atoms with van der Waals surface area (Å²) >= 11 is 0. The average Bonchev–Trinajstić information content (AvgIpc) is 2.76. The topological polar surface area (TPSA) is 78.9 Å². The van der Waals surface area contributed by atoms with Gasteiger partial charge in [-0.15, -0.1) is 0 Å². The highest BCUT2D eigenvalue weighted by Gasteiger charge is 2.28. The van der Waals surface area contributed by atoms with Gasteiger partial charge >= 0.3 is 5.97 Å². The van der Waals surface area contributed by atoms with Crippen LogP contribution in [0.2, 0.25) is 0 Å². The Morgan fingerprint density at radius 2 is 2.21 bits per heavy atom. The molecule has 0 aliphatic carbocycles. The van der Waals surface area contributed by atoms with Gasteiger partial charge in [0.25, 0.3) is 0 Å². The number of nitrogens with zero attached hydrogens (tertiary/aromatic N) is 1. The van der Waals surface area contributed by atoms with E-state index in [0.717, 1.165) is 6.42 Å². The van der Waals surface area contributed by atoms with Gasteiger partial charge in [-0.3, -0.25) is 14.5 Å². The minimum atomic E-state index is -0.770. The lowest BCUT2D eigenvalue weighted by atomic mass is 10.1. The second-order valence-corrected chi connectivity index (χ2v) is 5.18. The van der Waals surface area contributed by atoms with Crippen molar-refractivity contribution in [2.24, 2.45) is 5.92 Å². The summed E-state index contributed by atoms with van der Waals surface area (Å²) in [6.45, 7) is 6.63. The summed E-state index contributed by atoms with van der Waals surface area (Å²) in [6.07, 6.45) is 1.64. The molecule has 0 bridgehead atoms. The van der Waals surface area contributed by atoms with E-state index in [2.05, 4.69) is 5.32 Å². The minimum Gasteiger partial charge on any atom is -0.481 e. The van der Waals surface area contributed by atoms with E-state index >= 15 is 0 Å². The van der Waals surface area contributed by atoms with E-state index < -0.39 is 5.97 Å². The Hall–Kier alpha value is -1.14. The Kier molecular flexibility index (Phi) is 6.80. The predicted molar refractivity (Wildman–Crippen MR) is 70.9 cm³/mol. The monoisotopic (exact) mass is 272 g/mol. The second kappa shape index (κ2) is 8.12. The molecule has 1 amide bonds. The fourth-order valence-electron chi connectivity index (χ4n) is 2.06. The van der Waals surface area contributed by atoms with E-state index in [9.17, 15) is 9.59 Å². The van der Waals surface area contributed by atoms with Crippen molar-refractivity contribution in [2.45, 2.75) is 32.8 Å². The summed E-state index contributed by atoms with van der Waals surface area (Å²) in [4.78, 5) is 24.3. The van der Waals surface area contributed by atoms with Crippen molar-refractivity contribution in [3.8, 4) is 0 Å². The molecule has 2 N–H and O–H groups in total. The standard InChI is InChI=1S/C13H24N2O4/c1-10(2)19-7-3-5-14-12(16)9-15-6-4-11(8-15)13(17)18/h10-11H,3-9H2,1-2H3,(H,14,16)(H,17,18). The van der Waals surface area contributed by atoms with Crippen LogP contribution in [0.25, 0.3) is 0 Å². The van der Waals surface area contributed by atoms with Gasteiger partial charge in [-0.2, -0.15) is 0 Å². The Morgan fingerprint density at radius 3 is 2.79 bits per heavy atom. The highest BCUT2D eigenvalue weighted by Crippen LogP contribution is 2.15. The Labute approximate surface area is 114 Å². The smallest absolute Gasteiger partial charge is 0.307 e. The van der Waals surface area contributed by atoms with Crippen LogP contribution < -0.4 is 5.32 Å². The molecule has 1 unspecified atom stereocenters. The van der Waals surface area contributed by atoms with Gasteiger partial charge in [-0.25, -0.2) is 0 Å². The number of aliphatic carboxylic acids is 1. The van der Waals surface area contributed by atoms with Gasteiger partial charge in [0.1, 0.15) is 0 Å². The van der Waals surface area contributed by atoms with Gasteiger partial charge in [0.2, 0.25) is 5.91 Å². The number of carboxylic acids is 1. The Morgan fingerprint density at radius 1 is 1.47 bits per heavy atom. The number of carboxylic acid groups (broad SMARTS) is 1. The number of ether oxygens (including phenoxy) is 1. The van der Waals surface area contributed by atoms with Crippen LogP contribution in [0, 0.1) is 5.92 Å². The van der Waals surface area contributed by atoms with E-state index in [4.69, 9.17) is 9.84 Å². The van der Waals surface area contributed by atoms with Crippen molar-refractivity contribution in [1.29, 1.82) is 0 Å². The van der Waals surface area contributed by atoms with Crippen LogP contribution in [0.5, 0.6) is 0 Å². The SMILES string of the molecule is CC(C)OCCCNC(=O)CN1CCC(C(=O)O)C1. The molecule has 1 saturated heterocycles. The molecule has 0 spiro atoms. The lowest BCUT2D eigenvalue weighted by Gasteiger charge is -2.14. The first-order chi connectivity index (χ1) is 8.99. The molecule has 1 aliphatic heterocycles. The quantitative estimate of drug-likeness (QED) is 0.622. The third kappa shape index (κ3) is 6.54. The first kappa shape index (κ1) is 15.9. The van der Waals surface area contributed by atoms with Crippen molar-refractivity contribution >= 4 is 11.9 Å². The lowest BCUT2D eigenvalue weighted by molar-refractivity contribution is -0.141. The van der Waals surface area contributed by atoms with Gasteiger partial charge < -0.3 is 15.2 Å². The van der Waals surface area contributed by atoms with Crippen LogP contribution in [0.15, 0.2) is 0 Å². The van der Waals surface area contributed by atoms with Crippen molar-refractivity contribution in [3.05, 3.63) is 0 Å². The molecule has 1 atom stereocenters. The van der Waals surface area contributed by atoms with E-state index in [1.807, 2.05) is 18.7 Å². The summed E-state index contributed by atoms with van der Waals surface area (Å²) in [7, 11) is 0. The van der Waals surface area contributed by atoms with Crippen LogP contribution in [0.3, 0.4) is 0 Å². The summed E-state index contributed by atoms with van der Waals surface area (Å²) in [5.41, 5.74) is 0. The Balaban J connectivity index is 2.07. The van der Waals surface area contributed by atoms with Crippen LogP contribution in [0.1, 0.15) is 26.7 Å². The van der Waals surface area contributed by atoms with Gasteiger partial charge in [-0.05, 0) is 33.2 Å². The molecule has 19 heavy (non-hydrogen) atoms. The molecule has 0 radical (unpaired) electrons. The average molecular weight is 272 g/mol. The fraction of sp³-hybridized carbons (Fsp3) is 0.846. The van der Waals surface area contributed by atoms with E-state index in [0.29, 0.717) is 32.7 Å². The van der Waals surface area contributed by atoms with Crippen LogP contribution in [-0.2, 0) is 14.3 Å². The summed E-state index contributed by atoms with van der Waals surface area (Å²) < 4.78 is 5.37. The third-order valence-electron chi connectivity index (χ3n) is 3.08. The molecule has 6 nitrogen and oxygen atoms in total. The number of amides is 1. The first-order valence-electron chi connectivity index (χ1n) is 6.82. The van der Waals surface area contributed by atoms with E-state index in [-0.39, 0.29) is 24.5 Å². The number of likely N-dealkylation sites (tertiary alicyclic amines) is 1. The first-order valence-corrected chi connectivity index (χ1v) is 6.82. The second-order valence-electron chi connectivity index (χ2n) is 5.18. The molecule has 1 heterocycles. The summed E-state index contributed by atoms with van der Waals surface area (Å²) in [6, 6.07) is 0. The number of rotatable bonds is 8. The third-order valence-corrected chi connectivity index (χ3v) is 3.08. The molecular weight excluding hydrogens is 248 g/mol. The highest BCUT2D eigenvalue weighted by molar-refractivity contribution is 5.78. The summed E-state index contributed by atoms with van der Waals surface area (Å²) in [5, 5.41) is 11.7. The zero-order valence-corrected chi connectivity index (χ0v) is 11.7. The largest absolute Gasteiger partial charge is 0.481 e. The number of hydrogen-bond donors (Lipinski definition) is 2. The Bertz CT molecular complexity index is 307. The minimum absolute atomic E-state index is 0.0458. The van der Waals surface area contributed by atoms with E-state index in [1.165, 1.54) is 0 Å². The number of carbonyl (C=O) groups is 2. The predicted octanol–water partition coefficient (Wildman–Crippen LogP) is 0.324. The van der Waals surface area contributed by atoms with Gasteiger partial charge in [0, 0.05) is 19.7 Å². The molecule has 0 aromatic rings. The fourth-order valence-corrected chi connectivity index (χ4v) is 2.06. The van der Waals surface area contributed by atoms with Gasteiger partial charge in [0.05, 0.1) is 18.6 Å². The van der Waals surface area contributed by atoms with Crippen molar-refractivity contribution in [1.82, 2.24) is 10.2 Å². The van der Waals surface area contributed by atoms with Crippen LogP contribution >= 0.6 is 0 Å². The number of nitrogens with one attached hydrogen (secondary N) is 1. The molecule has 1 rings (SSSR count). The lowest BCUT2D eigenvalue weighted by Crippen LogP contribution is -2.37.